The zero-order valence-corrected chi connectivity index (χ0v) is 11.4. The minimum absolute atomic E-state index is 0.265. The molecule has 2 heterocycles. The van der Waals surface area contributed by atoms with Crippen molar-refractivity contribution in [3.05, 3.63) is 0 Å². The Balaban J connectivity index is 1.88. The predicted molar refractivity (Wildman–Crippen MR) is 69.0 cm³/mol. The minimum Gasteiger partial charge on any atom is -0.324 e. The van der Waals surface area contributed by atoms with Gasteiger partial charge < -0.3 is 14.7 Å². The SMILES string of the molecule is CC1CCCN(C(=O)N2CCC(N(C)C)C2)C1. The molecule has 2 rings (SSSR count). The van der Waals surface area contributed by atoms with E-state index in [1.165, 1.54) is 6.42 Å². The Bertz CT molecular complexity index is 280. The van der Waals surface area contributed by atoms with Crippen molar-refractivity contribution in [1.82, 2.24) is 14.7 Å². The van der Waals surface area contributed by atoms with E-state index in [0.717, 1.165) is 39.0 Å². The molecule has 0 aromatic rings. The summed E-state index contributed by atoms with van der Waals surface area (Å²) in [5.41, 5.74) is 0. The lowest BCUT2D eigenvalue weighted by molar-refractivity contribution is 0.136. The summed E-state index contributed by atoms with van der Waals surface area (Å²) in [5.74, 6) is 0.667. The van der Waals surface area contributed by atoms with Gasteiger partial charge in [0.25, 0.3) is 0 Å². The van der Waals surface area contributed by atoms with Gasteiger partial charge >= 0.3 is 6.03 Å². The molecule has 0 aromatic carbocycles. The molecule has 0 aliphatic carbocycles. The van der Waals surface area contributed by atoms with Crippen LogP contribution in [0.3, 0.4) is 0 Å². The van der Waals surface area contributed by atoms with Crippen LogP contribution in [0.15, 0.2) is 0 Å². The van der Waals surface area contributed by atoms with Gasteiger partial charge in [-0.15, -0.1) is 0 Å². The van der Waals surface area contributed by atoms with Crippen molar-refractivity contribution in [1.29, 1.82) is 0 Å². The van der Waals surface area contributed by atoms with Crippen LogP contribution < -0.4 is 0 Å². The van der Waals surface area contributed by atoms with E-state index in [2.05, 4.69) is 25.9 Å². The van der Waals surface area contributed by atoms with Crippen molar-refractivity contribution >= 4 is 6.03 Å². The lowest BCUT2D eigenvalue weighted by Crippen LogP contribution is -2.47. The Morgan fingerprint density at radius 2 is 1.82 bits per heavy atom. The molecule has 0 aromatic heterocycles. The molecule has 2 aliphatic rings. The zero-order chi connectivity index (χ0) is 12.4. The van der Waals surface area contributed by atoms with Gasteiger partial charge in [-0.2, -0.15) is 0 Å². The van der Waals surface area contributed by atoms with Crippen LogP contribution in [0.2, 0.25) is 0 Å². The lowest BCUT2D eigenvalue weighted by atomic mass is 10.0. The van der Waals surface area contributed by atoms with Gasteiger partial charge in [0.15, 0.2) is 0 Å². The average Bonchev–Trinajstić information content (AvgIpc) is 2.77. The molecule has 2 fully saturated rings. The summed E-state index contributed by atoms with van der Waals surface area (Å²) in [6, 6.07) is 0.807. The van der Waals surface area contributed by atoms with Crippen LogP contribution in [0, 0.1) is 5.92 Å². The highest BCUT2D eigenvalue weighted by Crippen LogP contribution is 2.20. The third-order valence-corrected chi connectivity index (χ3v) is 4.09. The number of nitrogens with zero attached hydrogens (tertiary/aromatic N) is 3. The largest absolute Gasteiger partial charge is 0.324 e. The van der Waals surface area contributed by atoms with Gasteiger partial charge in [-0.05, 0) is 39.3 Å². The average molecular weight is 239 g/mol. The van der Waals surface area contributed by atoms with Gasteiger partial charge in [0.2, 0.25) is 0 Å². The van der Waals surface area contributed by atoms with E-state index in [-0.39, 0.29) is 6.03 Å². The molecule has 0 N–H and O–H groups in total. The number of urea groups is 1. The highest BCUT2D eigenvalue weighted by molar-refractivity contribution is 5.75. The molecule has 2 aliphatic heterocycles. The molecule has 2 amide bonds. The number of piperidine rings is 1. The number of carbonyl (C=O) groups is 1. The Labute approximate surface area is 105 Å². The number of likely N-dealkylation sites (tertiary alicyclic amines) is 2. The first-order valence-electron chi connectivity index (χ1n) is 6.78. The lowest BCUT2D eigenvalue weighted by Gasteiger charge is -2.34. The predicted octanol–water partition coefficient (Wildman–Crippen LogP) is 1.47. The van der Waals surface area contributed by atoms with Crippen molar-refractivity contribution < 1.29 is 4.79 Å². The highest BCUT2D eigenvalue weighted by Gasteiger charge is 2.31. The molecule has 98 valence electrons. The topological polar surface area (TPSA) is 26.8 Å². The molecule has 0 radical (unpaired) electrons. The standard InChI is InChI=1S/C13H25N3O/c1-11-5-4-7-15(9-11)13(17)16-8-6-12(10-16)14(2)3/h11-12H,4-10H2,1-3H3. The number of rotatable bonds is 1. The second-order valence-electron chi connectivity index (χ2n) is 5.83. The van der Waals surface area contributed by atoms with Crippen molar-refractivity contribution in [2.75, 3.05) is 40.3 Å². The second kappa shape index (κ2) is 5.25. The highest BCUT2D eigenvalue weighted by atomic mass is 16.2. The molecule has 0 bridgehead atoms. The summed E-state index contributed by atoms with van der Waals surface area (Å²) < 4.78 is 0. The summed E-state index contributed by atoms with van der Waals surface area (Å²) in [6.07, 6.45) is 3.55. The molecule has 17 heavy (non-hydrogen) atoms. The molecule has 4 heteroatoms. The number of hydrogen-bond donors (Lipinski definition) is 0. The van der Waals surface area contributed by atoms with E-state index in [4.69, 9.17) is 0 Å². The summed E-state index contributed by atoms with van der Waals surface area (Å²) in [5, 5.41) is 0. The molecular weight excluding hydrogens is 214 g/mol. The van der Waals surface area contributed by atoms with Gasteiger partial charge in [-0.1, -0.05) is 6.92 Å². The van der Waals surface area contributed by atoms with E-state index < -0.39 is 0 Å². The number of hydrogen-bond acceptors (Lipinski definition) is 2. The molecule has 2 atom stereocenters. The third-order valence-electron chi connectivity index (χ3n) is 4.09. The molecule has 0 spiro atoms. The van der Waals surface area contributed by atoms with Gasteiger partial charge in [-0.3, -0.25) is 0 Å². The van der Waals surface area contributed by atoms with Crippen LogP contribution in [0.1, 0.15) is 26.2 Å². The summed E-state index contributed by atoms with van der Waals surface area (Å²) >= 11 is 0. The quantitative estimate of drug-likeness (QED) is 0.693. The first-order chi connectivity index (χ1) is 8.08. The third kappa shape index (κ3) is 2.92. The molecular formula is C13H25N3O. The Kier molecular flexibility index (Phi) is 3.92. The summed E-state index contributed by atoms with van der Waals surface area (Å²) in [6.45, 7) is 5.96. The Morgan fingerprint density at radius 3 is 2.41 bits per heavy atom. The van der Waals surface area contributed by atoms with Crippen molar-refractivity contribution in [2.24, 2.45) is 5.92 Å². The first-order valence-corrected chi connectivity index (χ1v) is 6.78. The normalized spacial score (nSPS) is 30.1. The van der Waals surface area contributed by atoms with Gasteiger partial charge in [0, 0.05) is 32.2 Å². The zero-order valence-electron chi connectivity index (χ0n) is 11.4. The minimum atomic E-state index is 0.265. The van der Waals surface area contributed by atoms with Crippen molar-refractivity contribution in [2.45, 2.75) is 32.2 Å². The van der Waals surface area contributed by atoms with Crippen LogP contribution in [-0.4, -0.2) is 67.0 Å². The van der Waals surface area contributed by atoms with Gasteiger partial charge in [0.1, 0.15) is 0 Å². The van der Waals surface area contributed by atoms with E-state index in [1.54, 1.807) is 0 Å². The van der Waals surface area contributed by atoms with Crippen LogP contribution in [0.4, 0.5) is 4.79 Å². The number of likely N-dealkylation sites (N-methyl/N-ethyl adjacent to an activating group) is 1. The van der Waals surface area contributed by atoms with Crippen LogP contribution in [0.25, 0.3) is 0 Å². The van der Waals surface area contributed by atoms with E-state index in [1.807, 2.05) is 9.80 Å². The fourth-order valence-electron chi connectivity index (χ4n) is 2.90. The van der Waals surface area contributed by atoms with Crippen molar-refractivity contribution in [3.63, 3.8) is 0 Å². The smallest absolute Gasteiger partial charge is 0.320 e. The number of amides is 2. The van der Waals surface area contributed by atoms with Crippen molar-refractivity contribution in [3.8, 4) is 0 Å². The second-order valence-corrected chi connectivity index (χ2v) is 5.83. The van der Waals surface area contributed by atoms with Crippen LogP contribution in [-0.2, 0) is 0 Å². The maximum atomic E-state index is 12.3. The number of carbonyl (C=O) groups excluding carboxylic acids is 1. The van der Waals surface area contributed by atoms with E-state index in [9.17, 15) is 4.79 Å². The monoisotopic (exact) mass is 239 g/mol. The Hall–Kier alpha value is -0.770. The maximum absolute atomic E-state index is 12.3. The maximum Gasteiger partial charge on any atom is 0.320 e. The Morgan fingerprint density at radius 1 is 1.12 bits per heavy atom. The van der Waals surface area contributed by atoms with Gasteiger partial charge in [0.05, 0.1) is 0 Å². The molecule has 4 nitrogen and oxygen atoms in total. The van der Waals surface area contributed by atoms with Crippen LogP contribution in [0.5, 0.6) is 0 Å². The van der Waals surface area contributed by atoms with E-state index >= 15 is 0 Å². The fourth-order valence-corrected chi connectivity index (χ4v) is 2.90. The van der Waals surface area contributed by atoms with E-state index in [0.29, 0.717) is 12.0 Å². The summed E-state index contributed by atoms with van der Waals surface area (Å²) in [4.78, 5) is 18.7. The fraction of sp³-hybridized carbons (Fsp3) is 0.923. The first kappa shape index (κ1) is 12.7. The van der Waals surface area contributed by atoms with Crippen LogP contribution >= 0.6 is 0 Å². The molecule has 0 saturated carbocycles. The van der Waals surface area contributed by atoms with Gasteiger partial charge in [-0.25, -0.2) is 4.79 Å². The molecule has 2 unspecified atom stereocenters. The molecule has 2 saturated heterocycles. The summed E-state index contributed by atoms with van der Waals surface area (Å²) in [7, 11) is 4.20.